The molecule has 2 heterocycles. The number of rotatable bonds is 3. The quantitative estimate of drug-likeness (QED) is 0.946. The molecule has 1 saturated heterocycles. The number of nitrogens with one attached hydrogen (secondary N) is 1. The summed E-state index contributed by atoms with van der Waals surface area (Å²) in [6.07, 6.45) is -3.49. The number of alkyl halides is 3. The van der Waals surface area contributed by atoms with Gasteiger partial charge in [0.2, 0.25) is 0 Å². The zero-order valence-electron chi connectivity index (χ0n) is 12.1. The molecule has 0 atom stereocenters. The number of para-hydroxylation sites is 2. The minimum atomic E-state index is -4.11. The van der Waals surface area contributed by atoms with E-state index < -0.39 is 12.6 Å². The summed E-state index contributed by atoms with van der Waals surface area (Å²) in [4.78, 5) is 16.8. The number of halogens is 3. The average Bonchev–Trinajstić information content (AvgIpc) is 2.81. The molecule has 0 amide bonds. The zero-order chi connectivity index (χ0) is 15.7. The Kier molecular flexibility index (Phi) is 3.99. The molecule has 0 spiro atoms. The average molecular weight is 313 g/mol. The predicted molar refractivity (Wildman–Crippen MR) is 77.9 cm³/mol. The molecule has 1 aromatic heterocycles. The molecule has 1 aliphatic rings. The minimum absolute atomic E-state index is 0.0407. The Morgan fingerprint density at radius 3 is 2.55 bits per heavy atom. The number of benzene rings is 1. The van der Waals surface area contributed by atoms with Gasteiger partial charge in [-0.1, -0.05) is 12.1 Å². The number of H-pyrrole nitrogens is 1. The zero-order valence-corrected chi connectivity index (χ0v) is 12.1. The summed E-state index contributed by atoms with van der Waals surface area (Å²) in [6, 6.07) is 7.54. The van der Waals surface area contributed by atoms with Crippen molar-refractivity contribution in [2.24, 2.45) is 0 Å². The van der Waals surface area contributed by atoms with E-state index in [1.54, 1.807) is 4.57 Å². The van der Waals surface area contributed by atoms with Crippen molar-refractivity contribution in [3.05, 3.63) is 34.7 Å². The van der Waals surface area contributed by atoms with Crippen molar-refractivity contribution < 1.29 is 13.2 Å². The van der Waals surface area contributed by atoms with Crippen molar-refractivity contribution >= 4 is 11.0 Å². The Labute approximate surface area is 125 Å². The van der Waals surface area contributed by atoms with Crippen LogP contribution in [0.1, 0.15) is 25.3 Å². The van der Waals surface area contributed by atoms with Crippen molar-refractivity contribution in [3.63, 3.8) is 0 Å². The minimum Gasteiger partial charge on any atom is -0.306 e. The maximum Gasteiger partial charge on any atom is 0.390 e. The van der Waals surface area contributed by atoms with Crippen LogP contribution in [-0.4, -0.2) is 40.3 Å². The van der Waals surface area contributed by atoms with Crippen molar-refractivity contribution in [3.8, 4) is 0 Å². The lowest BCUT2D eigenvalue weighted by Crippen LogP contribution is -2.38. The van der Waals surface area contributed by atoms with Crippen LogP contribution in [0.15, 0.2) is 29.1 Å². The number of piperidine rings is 1. The second kappa shape index (κ2) is 5.79. The second-order valence-corrected chi connectivity index (χ2v) is 5.76. The van der Waals surface area contributed by atoms with Crippen LogP contribution in [0.4, 0.5) is 13.2 Å². The molecule has 0 aliphatic carbocycles. The van der Waals surface area contributed by atoms with Gasteiger partial charge < -0.3 is 9.88 Å². The van der Waals surface area contributed by atoms with Gasteiger partial charge in [0.25, 0.3) is 0 Å². The van der Waals surface area contributed by atoms with Gasteiger partial charge in [-0.05, 0) is 25.0 Å². The van der Waals surface area contributed by atoms with Crippen LogP contribution in [0.25, 0.3) is 11.0 Å². The van der Waals surface area contributed by atoms with Crippen LogP contribution in [0.5, 0.6) is 0 Å². The summed E-state index contributed by atoms with van der Waals surface area (Å²) in [5.41, 5.74) is 1.52. The van der Waals surface area contributed by atoms with Gasteiger partial charge >= 0.3 is 11.9 Å². The molecule has 1 N–H and O–H groups in total. The summed E-state index contributed by atoms with van der Waals surface area (Å²) < 4.78 is 38.5. The fourth-order valence-electron chi connectivity index (χ4n) is 3.12. The SMILES string of the molecule is O=c1[nH]c2ccccc2n1C1CCN(CCC(F)(F)F)CC1. The summed E-state index contributed by atoms with van der Waals surface area (Å²) in [5, 5.41) is 0. The third kappa shape index (κ3) is 3.19. The van der Waals surface area contributed by atoms with Crippen molar-refractivity contribution in [1.29, 1.82) is 0 Å². The predicted octanol–water partition coefficient (Wildman–Crippen LogP) is 2.92. The summed E-state index contributed by atoms with van der Waals surface area (Å²) in [5.74, 6) is 0. The molecule has 0 saturated carbocycles. The van der Waals surface area contributed by atoms with Gasteiger partial charge in [-0.3, -0.25) is 4.57 Å². The highest BCUT2D eigenvalue weighted by Gasteiger charge is 2.29. The first-order valence-corrected chi connectivity index (χ1v) is 7.42. The molecule has 22 heavy (non-hydrogen) atoms. The molecule has 1 aliphatic heterocycles. The van der Waals surface area contributed by atoms with E-state index in [1.165, 1.54) is 0 Å². The van der Waals surface area contributed by atoms with Crippen LogP contribution in [0, 0.1) is 0 Å². The first-order valence-electron chi connectivity index (χ1n) is 7.42. The third-order valence-corrected chi connectivity index (χ3v) is 4.26. The summed E-state index contributed by atoms with van der Waals surface area (Å²) in [6.45, 7) is 1.22. The van der Waals surface area contributed by atoms with Gasteiger partial charge in [-0.2, -0.15) is 13.2 Å². The Balaban J connectivity index is 1.68. The standard InChI is InChI=1S/C15H18F3N3O/c16-15(17,18)7-10-20-8-5-11(6-9-20)21-13-4-2-1-3-12(13)19-14(21)22/h1-4,11H,5-10H2,(H,19,22). The maximum absolute atomic E-state index is 12.3. The largest absolute Gasteiger partial charge is 0.390 e. The molecule has 7 heteroatoms. The summed E-state index contributed by atoms with van der Waals surface area (Å²) >= 11 is 0. The number of hydrogen-bond donors (Lipinski definition) is 1. The second-order valence-electron chi connectivity index (χ2n) is 5.76. The van der Waals surface area contributed by atoms with Crippen molar-refractivity contribution in [2.45, 2.75) is 31.5 Å². The number of nitrogens with zero attached hydrogens (tertiary/aromatic N) is 2. The number of aromatic amines is 1. The molecule has 4 nitrogen and oxygen atoms in total. The lowest BCUT2D eigenvalue weighted by Gasteiger charge is -2.32. The molecule has 1 aromatic carbocycles. The Hall–Kier alpha value is -1.76. The molecule has 0 bridgehead atoms. The lowest BCUT2D eigenvalue weighted by molar-refractivity contribution is -0.138. The first-order chi connectivity index (χ1) is 10.4. The van der Waals surface area contributed by atoms with Gasteiger partial charge in [0.1, 0.15) is 0 Å². The van der Waals surface area contributed by atoms with Crippen LogP contribution >= 0.6 is 0 Å². The highest BCUT2D eigenvalue weighted by atomic mass is 19.4. The van der Waals surface area contributed by atoms with Gasteiger partial charge in [-0.15, -0.1) is 0 Å². The lowest BCUT2D eigenvalue weighted by atomic mass is 10.0. The molecule has 3 rings (SSSR count). The fourth-order valence-corrected chi connectivity index (χ4v) is 3.12. The molecule has 0 unspecified atom stereocenters. The highest BCUT2D eigenvalue weighted by Crippen LogP contribution is 2.26. The number of aromatic nitrogens is 2. The normalized spacial score (nSPS) is 18.1. The van der Waals surface area contributed by atoms with E-state index >= 15 is 0 Å². The smallest absolute Gasteiger partial charge is 0.306 e. The van der Waals surface area contributed by atoms with E-state index in [4.69, 9.17) is 0 Å². The number of imidazole rings is 1. The van der Waals surface area contributed by atoms with E-state index in [1.807, 2.05) is 29.2 Å². The molecule has 1 fully saturated rings. The highest BCUT2D eigenvalue weighted by molar-refractivity contribution is 5.75. The van der Waals surface area contributed by atoms with E-state index in [0.29, 0.717) is 25.9 Å². The number of hydrogen-bond acceptors (Lipinski definition) is 2. The number of likely N-dealkylation sites (tertiary alicyclic amines) is 1. The Bertz CT molecular complexity index is 696. The molecule has 0 radical (unpaired) electrons. The fraction of sp³-hybridized carbons (Fsp3) is 0.533. The van der Waals surface area contributed by atoms with Crippen LogP contribution < -0.4 is 5.69 Å². The van der Waals surface area contributed by atoms with E-state index in [0.717, 1.165) is 11.0 Å². The Morgan fingerprint density at radius 2 is 1.86 bits per heavy atom. The molecular weight excluding hydrogens is 295 g/mol. The monoisotopic (exact) mass is 313 g/mol. The number of fused-ring (bicyclic) bond motifs is 1. The van der Waals surface area contributed by atoms with Gasteiger partial charge in [0, 0.05) is 25.7 Å². The van der Waals surface area contributed by atoms with Crippen LogP contribution in [0.3, 0.4) is 0 Å². The van der Waals surface area contributed by atoms with Crippen molar-refractivity contribution in [2.75, 3.05) is 19.6 Å². The van der Waals surface area contributed by atoms with Crippen molar-refractivity contribution in [1.82, 2.24) is 14.5 Å². The Morgan fingerprint density at radius 1 is 1.18 bits per heavy atom. The van der Waals surface area contributed by atoms with E-state index in [9.17, 15) is 18.0 Å². The molecule has 2 aromatic rings. The maximum atomic E-state index is 12.3. The van der Waals surface area contributed by atoms with E-state index in [-0.39, 0.29) is 18.3 Å². The van der Waals surface area contributed by atoms with Crippen LogP contribution in [0.2, 0.25) is 0 Å². The van der Waals surface area contributed by atoms with Crippen LogP contribution in [-0.2, 0) is 0 Å². The first kappa shape index (κ1) is 15.1. The van der Waals surface area contributed by atoms with E-state index in [2.05, 4.69) is 4.98 Å². The van der Waals surface area contributed by atoms with Gasteiger partial charge in [-0.25, -0.2) is 4.79 Å². The third-order valence-electron chi connectivity index (χ3n) is 4.26. The topological polar surface area (TPSA) is 41.0 Å². The van der Waals surface area contributed by atoms with Gasteiger partial charge in [0.15, 0.2) is 0 Å². The molecular formula is C15H18F3N3O. The molecule has 120 valence electrons. The van der Waals surface area contributed by atoms with Gasteiger partial charge in [0.05, 0.1) is 17.5 Å². The summed E-state index contributed by atoms with van der Waals surface area (Å²) in [7, 11) is 0.